The zero-order valence-corrected chi connectivity index (χ0v) is 18.2. The molecule has 6 heteroatoms. The Morgan fingerprint density at radius 3 is 2.63 bits per heavy atom. The van der Waals surface area contributed by atoms with Crippen LogP contribution in [-0.4, -0.2) is 22.6 Å². The van der Waals surface area contributed by atoms with E-state index in [1.54, 1.807) is 29.1 Å². The van der Waals surface area contributed by atoms with Crippen molar-refractivity contribution in [1.82, 2.24) is 9.55 Å². The molecule has 4 aromatic rings. The van der Waals surface area contributed by atoms with Crippen molar-refractivity contribution in [3.05, 3.63) is 86.3 Å². The van der Waals surface area contributed by atoms with Gasteiger partial charge in [-0.2, -0.15) is 0 Å². The first-order chi connectivity index (χ1) is 14.4. The molecule has 0 fully saturated rings. The topological polar surface area (TPSA) is 61.2 Å². The number of thiophene rings is 1. The minimum atomic E-state index is -0.400. The Kier molecular flexibility index (Phi) is 5.26. The molecule has 0 aliphatic heterocycles. The summed E-state index contributed by atoms with van der Waals surface area (Å²) in [6.45, 7) is 6.51. The molecule has 0 aliphatic rings. The monoisotopic (exact) mass is 418 g/mol. The number of aromatic nitrogens is 2. The maximum absolute atomic E-state index is 13.4. The lowest BCUT2D eigenvalue weighted by Gasteiger charge is -2.09. The van der Waals surface area contributed by atoms with Gasteiger partial charge < -0.3 is 4.74 Å². The third-order valence-electron chi connectivity index (χ3n) is 5.35. The van der Waals surface area contributed by atoms with Crippen LogP contribution in [0.3, 0.4) is 0 Å². The summed E-state index contributed by atoms with van der Waals surface area (Å²) in [4.78, 5) is 31.6. The Bertz CT molecular complexity index is 1330. The Morgan fingerprint density at radius 1 is 1.10 bits per heavy atom. The van der Waals surface area contributed by atoms with Gasteiger partial charge in [-0.05, 0) is 55.2 Å². The molecule has 2 aromatic heterocycles. The minimum absolute atomic E-state index is 0.0824. The molecule has 2 aromatic carbocycles. The molecule has 0 amide bonds. The highest BCUT2D eigenvalue weighted by atomic mass is 32.1. The molecular weight excluding hydrogens is 396 g/mol. The van der Waals surface area contributed by atoms with Gasteiger partial charge in [0.2, 0.25) is 0 Å². The van der Waals surface area contributed by atoms with Crippen molar-refractivity contribution < 1.29 is 9.53 Å². The summed E-state index contributed by atoms with van der Waals surface area (Å²) >= 11 is 1.54. The number of hydrogen-bond acceptors (Lipinski definition) is 5. The van der Waals surface area contributed by atoms with Gasteiger partial charge in [0.1, 0.15) is 4.83 Å². The molecule has 30 heavy (non-hydrogen) atoms. The number of aryl methyl sites for hydroxylation is 3. The van der Waals surface area contributed by atoms with E-state index in [1.807, 2.05) is 13.0 Å². The molecule has 0 bridgehead atoms. The Hall–Kier alpha value is -3.25. The van der Waals surface area contributed by atoms with Gasteiger partial charge in [0.05, 0.1) is 30.9 Å². The van der Waals surface area contributed by atoms with Gasteiger partial charge in [-0.15, -0.1) is 11.3 Å². The molecule has 4 rings (SSSR count). The van der Waals surface area contributed by atoms with E-state index in [-0.39, 0.29) is 5.56 Å². The lowest BCUT2D eigenvalue weighted by molar-refractivity contribution is 0.0600. The number of carbonyl (C=O) groups is 1. The van der Waals surface area contributed by atoms with Crippen molar-refractivity contribution in [3.63, 3.8) is 0 Å². The van der Waals surface area contributed by atoms with E-state index in [9.17, 15) is 9.59 Å². The van der Waals surface area contributed by atoms with Crippen LogP contribution in [0.25, 0.3) is 21.3 Å². The van der Waals surface area contributed by atoms with Crippen LogP contribution in [0.5, 0.6) is 0 Å². The second-order valence-corrected chi connectivity index (χ2v) is 8.59. The standard InChI is InChI=1S/C24H22N2O3S/c1-14-8-9-18(10-15(14)2)20-16(3)30-22-21(20)23(27)26(13-25-22)12-17-6-5-7-19(11-17)24(28)29-4/h5-11,13H,12H2,1-4H3. The minimum Gasteiger partial charge on any atom is -0.465 e. The quantitative estimate of drug-likeness (QED) is 0.443. The lowest BCUT2D eigenvalue weighted by Crippen LogP contribution is -2.21. The van der Waals surface area contributed by atoms with Gasteiger partial charge in [0.25, 0.3) is 5.56 Å². The average molecular weight is 419 g/mol. The van der Waals surface area contributed by atoms with Gasteiger partial charge in [-0.25, -0.2) is 9.78 Å². The first-order valence-corrected chi connectivity index (χ1v) is 10.4. The van der Waals surface area contributed by atoms with Crippen LogP contribution >= 0.6 is 11.3 Å². The van der Waals surface area contributed by atoms with Crippen LogP contribution in [0.4, 0.5) is 0 Å². The lowest BCUT2D eigenvalue weighted by atomic mass is 9.99. The van der Waals surface area contributed by atoms with E-state index in [1.165, 1.54) is 29.6 Å². The molecule has 5 nitrogen and oxygen atoms in total. The highest BCUT2D eigenvalue weighted by molar-refractivity contribution is 7.19. The molecule has 0 spiro atoms. The summed E-state index contributed by atoms with van der Waals surface area (Å²) in [5.41, 5.74) is 5.60. The fourth-order valence-electron chi connectivity index (χ4n) is 3.61. The molecule has 0 atom stereocenters. The van der Waals surface area contributed by atoms with Gasteiger partial charge in [0, 0.05) is 10.4 Å². The first kappa shape index (κ1) is 20.0. The molecular formula is C24H22N2O3S. The average Bonchev–Trinajstić information content (AvgIpc) is 3.08. The highest BCUT2D eigenvalue weighted by Gasteiger charge is 2.17. The largest absolute Gasteiger partial charge is 0.465 e. The van der Waals surface area contributed by atoms with Crippen molar-refractivity contribution in [3.8, 4) is 11.1 Å². The number of fused-ring (bicyclic) bond motifs is 1. The van der Waals surface area contributed by atoms with Gasteiger partial charge in [0.15, 0.2) is 0 Å². The fourth-order valence-corrected chi connectivity index (χ4v) is 4.61. The van der Waals surface area contributed by atoms with Crippen LogP contribution < -0.4 is 5.56 Å². The van der Waals surface area contributed by atoms with E-state index >= 15 is 0 Å². The Labute approximate surface area is 178 Å². The zero-order valence-electron chi connectivity index (χ0n) is 17.4. The summed E-state index contributed by atoms with van der Waals surface area (Å²) in [5, 5.41) is 0.646. The third kappa shape index (κ3) is 3.55. The molecule has 0 saturated heterocycles. The van der Waals surface area contributed by atoms with Crippen molar-refractivity contribution in [2.45, 2.75) is 27.3 Å². The molecule has 0 radical (unpaired) electrons. The number of carbonyl (C=O) groups excluding carboxylic acids is 1. The van der Waals surface area contributed by atoms with Crippen molar-refractivity contribution >= 4 is 27.5 Å². The molecule has 152 valence electrons. The Morgan fingerprint density at radius 2 is 1.90 bits per heavy atom. The zero-order chi connectivity index (χ0) is 21.4. The number of esters is 1. The molecule has 0 N–H and O–H groups in total. The number of rotatable bonds is 4. The molecule has 0 saturated carbocycles. The van der Waals surface area contributed by atoms with Crippen LogP contribution in [-0.2, 0) is 11.3 Å². The summed E-state index contributed by atoms with van der Waals surface area (Å²) in [7, 11) is 1.35. The molecule has 0 aliphatic carbocycles. The summed E-state index contributed by atoms with van der Waals surface area (Å²) in [5.74, 6) is -0.400. The van der Waals surface area contributed by atoms with Gasteiger partial charge in [-0.3, -0.25) is 9.36 Å². The second kappa shape index (κ2) is 7.88. The van der Waals surface area contributed by atoms with Crippen LogP contribution in [0, 0.1) is 20.8 Å². The van der Waals surface area contributed by atoms with Crippen molar-refractivity contribution in [1.29, 1.82) is 0 Å². The predicted molar refractivity (Wildman–Crippen MR) is 120 cm³/mol. The smallest absolute Gasteiger partial charge is 0.337 e. The summed E-state index contributed by atoms with van der Waals surface area (Å²) < 4.78 is 6.38. The number of ether oxygens (including phenoxy) is 1. The fraction of sp³-hybridized carbons (Fsp3) is 0.208. The molecule has 0 unspecified atom stereocenters. The molecule has 2 heterocycles. The maximum atomic E-state index is 13.4. The van der Waals surface area contributed by atoms with Crippen molar-refractivity contribution in [2.24, 2.45) is 0 Å². The predicted octanol–water partition coefficient (Wildman–Crippen LogP) is 4.89. The number of benzene rings is 2. The first-order valence-electron chi connectivity index (χ1n) is 9.62. The summed E-state index contributed by atoms with van der Waals surface area (Å²) in [6.07, 6.45) is 1.58. The third-order valence-corrected chi connectivity index (χ3v) is 6.36. The maximum Gasteiger partial charge on any atom is 0.337 e. The highest BCUT2D eigenvalue weighted by Crippen LogP contribution is 2.36. The van der Waals surface area contributed by atoms with E-state index in [0.29, 0.717) is 17.5 Å². The van der Waals surface area contributed by atoms with Gasteiger partial charge >= 0.3 is 5.97 Å². The van der Waals surface area contributed by atoms with Crippen LogP contribution in [0.2, 0.25) is 0 Å². The SMILES string of the molecule is COC(=O)c1cccc(Cn2cnc3sc(C)c(-c4ccc(C)c(C)c4)c3c2=O)c1. The number of hydrogen-bond donors (Lipinski definition) is 0. The van der Waals surface area contributed by atoms with Gasteiger partial charge in [-0.1, -0.05) is 30.3 Å². The van der Waals surface area contributed by atoms with Crippen LogP contribution in [0.1, 0.15) is 31.9 Å². The summed E-state index contributed by atoms with van der Waals surface area (Å²) in [6, 6.07) is 13.4. The Balaban J connectivity index is 1.82. The van der Waals surface area contributed by atoms with Crippen molar-refractivity contribution in [2.75, 3.05) is 7.11 Å². The van der Waals surface area contributed by atoms with Crippen LogP contribution in [0.15, 0.2) is 53.6 Å². The van der Waals surface area contributed by atoms with E-state index in [0.717, 1.165) is 26.4 Å². The normalized spacial score (nSPS) is 11.1. The number of methoxy groups -OCH3 is 1. The van der Waals surface area contributed by atoms with E-state index in [2.05, 4.69) is 37.0 Å². The second-order valence-electron chi connectivity index (χ2n) is 7.38. The number of nitrogens with zero attached hydrogens (tertiary/aromatic N) is 2. The van der Waals surface area contributed by atoms with E-state index < -0.39 is 5.97 Å². The van der Waals surface area contributed by atoms with E-state index in [4.69, 9.17) is 4.74 Å².